The summed E-state index contributed by atoms with van der Waals surface area (Å²) >= 11 is 0. The lowest BCUT2D eigenvalue weighted by Crippen LogP contribution is -2.33. The number of aromatic nitrogens is 3. The summed E-state index contributed by atoms with van der Waals surface area (Å²) in [5, 5.41) is 0. The van der Waals surface area contributed by atoms with Gasteiger partial charge in [-0.2, -0.15) is 4.98 Å². The molecule has 1 aliphatic rings. The van der Waals surface area contributed by atoms with Crippen molar-refractivity contribution in [2.75, 3.05) is 20.2 Å². The Hall–Kier alpha value is -2.57. The molecular formula is C15H18N4O3. The number of rotatable bonds is 5. The molecule has 0 spiro atoms. The fourth-order valence-corrected chi connectivity index (χ4v) is 2.44. The van der Waals surface area contributed by atoms with Gasteiger partial charge in [0, 0.05) is 25.4 Å². The Morgan fingerprint density at radius 2 is 2.09 bits per heavy atom. The fourth-order valence-electron chi connectivity index (χ4n) is 2.44. The van der Waals surface area contributed by atoms with Crippen molar-refractivity contribution in [3.63, 3.8) is 0 Å². The van der Waals surface area contributed by atoms with Gasteiger partial charge in [-0.25, -0.2) is 0 Å². The molecule has 0 aromatic carbocycles. The summed E-state index contributed by atoms with van der Waals surface area (Å²) in [6.07, 6.45) is 7.56. The normalized spacial score (nSPS) is 17.5. The number of hydrogen-bond acceptors (Lipinski definition) is 5. The highest BCUT2D eigenvalue weighted by molar-refractivity contribution is 5.76. The lowest BCUT2D eigenvalue weighted by molar-refractivity contribution is -0.131. The third-order valence-electron chi connectivity index (χ3n) is 3.57. The maximum Gasteiger partial charge on any atom is 0.242 e. The summed E-state index contributed by atoms with van der Waals surface area (Å²) in [5.41, 5.74) is 0. The maximum atomic E-state index is 12.2. The number of carbonyl (C=O) groups is 1. The van der Waals surface area contributed by atoms with E-state index in [-0.39, 0.29) is 12.0 Å². The number of methoxy groups -OCH3 is 1. The van der Waals surface area contributed by atoms with Crippen molar-refractivity contribution < 1.29 is 14.3 Å². The van der Waals surface area contributed by atoms with Crippen molar-refractivity contribution in [1.82, 2.24) is 19.4 Å². The minimum atomic E-state index is -0.0602. The summed E-state index contributed by atoms with van der Waals surface area (Å²) in [5.74, 6) is 0.930. The van der Waals surface area contributed by atoms with E-state index in [2.05, 4.69) is 9.97 Å². The van der Waals surface area contributed by atoms with Gasteiger partial charge in [0.05, 0.1) is 26.0 Å². The van der Waals surface area contributed by atoms with E-state index >= 15 is 0 Å². The van der Waals surface area contributed by atoms with Crippen LogP contribution in [0.4, 0.5) is 0 Å². The van der Waals surface area contributed by atoms with Crippen LogP contribution in [0, 0.1) is 0 Å². The number of amides is 1. The van der Waals surface area contributed by atoms with Crippen molar-refractivity contribution in [3.8, 4) is 11.8 Å². The molecule has 0 saturated carbocycles. The van der Waals surface area contributed by atoms with Crippen LogP contribution in [0.1, 0.15) is 6.42 Å². The van der Waals surface area contributed by atoms with Crippen LogP contribution in [-0.4, -0.2) is 51.6 Å². The molecule has 1 aliphatic heterocycles. The van der Waals surface area contributed by atoms with Crippen LogP contribution >= 0.6 is 0 Å². The fraction of sp³-hybridized carbons (Fsp3) is 0.400. The predicted molar refractivity (Wildman–Crippen MR) is 78.6 cm³/mol. The smallest absolute Gasteiger partial charge is 0.242 e. The van der Waals surface area contributed by atoms with E-state index < -0.39 is 0 Å². The van der Waals surface area contributed by atoms with E-state index in [9.17, 15) is 4.79 Å². The Balaban J connectivity index is 1.54. The Kier molecular flexibility index (Phi) is 4.22. The third kappa shape index (κ3) is 3.36. The predicted octanol–water partition coefficient (Wildman–Crippen LogP) is 0.967. The van der Waals surface area contributed by atoms with Crippen LogP contribution in [0.5, 0.6) is 11.8 Å². The van der Waals surface area contributed by atoms with Gasteiger partial charge in [-0.15, -0.1) is 0 Å². The minimum absolute atomic E-state index is 0.0602. The monoisotopic (exact) mass is 302 g/mol. The Morgan fingerprint density at radius 3 is 2.86 bits per heavy atom. The van der Waals surface area contributed by atoms with Crippen LogP contribution in [0.15, 0.2) is 36.9 Å². The zero-order valence-electron chi connectivity index (χ0n) is 12.4. The first kappa shape index (κ1) is 14.4. The Bertz CT molecular complexity index is 629. The highest BCUT2D eigenvalue weighted by Gasteiger charge is 2.27. The molecule has 1 atom stereocenters. The quantitative estimate of drug-likeness (QED) is 0.823. The second kappa shape index (κ2) is 6.46. The summed E-state index contributed by atoms with van der Waals surface area (Å²) in [6.45, 7) is 1.62. The van der Waals surface area contributed by atoms with Gasteiger partial charge >= 0.3 is 0 Å². The van der Waals surface area contributed by atoms with Gasteiger partial charge < -0.3 is 18.9 Å². The lowest BCUT2D eigenvalue weighted by atomic mass is 10.3. The maximum absolute atomic E-state index is 12.2. The van der Waals surface area contributed by atoms with Crippen molar-refractivity contribution >= 4 is 5.91 Å². The molecule has 0 aliphatic carbocycles. The number of ether oxygens (including phenoxy) is 2. The van der Waals surface area contributed by atoms with Gasteiger partial charge in [0.2, 0.25) is 17.7 Å². The Labute approximate surface area is 128 Å². The average molecular weight is 302 g/mol. The molecule has 22 heavy (non-hydrogen) atoms. The molecule has 2 aromatic heterocycles. The molecule has 2 aromatic rings. The largest absolute Gasteiger partial charge is 0.480 e. The summed E-state index contributed by atoms with van der Waals surface area (Å²) in [6, 6.07) is 3.81. The van der Waals surface area contributed by atoms with Crippen molar-refractivity contribution in [3.05, 3.63) is 36.9 Å². The lowest BCUT2D eigenvalue weighted by Gasteiger charge is -2.17. The van der Waals surface area contributed by atoms with E-state index in [4.69, 9.17) is 9.47 Å². The standard InChI is InChI=1S/C15H18N4O3/c1-21-13-8-16-9-14(17-13)22-12-4-7-19(10-12)15(20)11-18-5-2-3-6-18/h2-3,5-6,8-9,12H,4,7,10-11H2,1H3. The van der Waals surface area contributed by atoms with E-state index in [0.717, 1.165) is 6.42 Å². The zero-order chi connectivity index (χ0) is 15.4. The van der Waals surface area contributed by atoms with Crippen LogP contribution in [-0.2, 0) is 11.3 Å². The summed E-state index contributed by atoms with van der Waals surface area (Å²) < 4.78 is 12.7. The van der Waals surface area contributed by atoms with Gasteiger partial charge in [-0.05, 0) is 12.1 Å². The summed E-state index contributed by atoms with van der Waals surface area (Å²) in [4.78, 5) is 22.2. The number of nitrogens with zero attached hydrogens (tertiary/aromatic N) is 4. The molecule has 3 rings (SSSR count). The molecule has 1 fully saturated rings. The highest BCUT2D eigenvalue weighted by Crippen LogP contribution is 2.18. The molecule has 1 saturated heterocycles. The zero-order valence-corrected chi connectivity index (χ0v) is 12.4. The molecule has 7 nitrogen and oxygen atoms in total. The molecule has 7 heteroatoms. The molecule has 0 bridgehead atoms. The third-order valence-corrected chi connectivity index (χ3v) is 3.57. The first-order chi connectivity index (χ1) is 10.7. The second-order valence-electron chi connectivity index (χ2n) is 5.12. The molecular weight excluding hydrogens is 284 g/mol. The van der Waals surface area contributed by atoms with Crippen LogP contribution in [0.25, 0.3) is 0 Å². The van der Waals surface area contributed by atoms with Gasteiger partial charge in [-0.3, -0.25) is 9.78 Å². The van der Waals surface area contributed by atoms with E-state index in [0.29, 0.717) is 31.4 Å². The molecule has 1 amide bonds. The first-order valence-electron chi connectivity index (χ1n) is 7.16. The van der Waals surface area contributed by atoms with Crippen LogP contribution < -0.4 is 9.47 Å². The molecule has 0 radical (unpaired) electrons. The average Bonchev–Trinajstić information content (AvgIpc) is 3.19. The minimum Gasteiger partial charge on any atom is -0.480 e. The number of likely N-dealkylation sites (tertiary alicyclic amines) is 1. The molecule has 3 heterocycles. The van der Waals surface area contributed by atoms with Crippen molar-refractivity contribution in [1.29, 1.82) is 0 Å². The number of hydrogen-bond donors (Lipinski definition) is 0. The van der Waals surface area contributed by atoms with Crippen LogP contribution in [0.2, 0.25) is 0 Å². The Morgan fingerprint density at radius 1 is 1.32 bits per heavy atom. The van der Waals surface area contributed by atoms with E-state index in [1.807, 2.05) is 34.0 Å². The SMILES string of the molecule is COc1cncc(OC2CCN(C(=O)Cn3cccc3)C2)n1. The summed E-state index contributed by atoms with van der Waals surface area (Å²) in [7, 11) is 1.53. The first-order valence-corrected chi connectivity index (χ1v) is 7.16. The van der Waals surface area contributed by atoms with E-state index in [1.165, 1.54) is 13.3 Å². The number of carbonyl (C=O) groups excluding carboxylic acids is 1. The van der Waals surface area contributed by atoms with Crippen molar-refractivity contribution in [2.24, 2.45) is 0 Å². The highest BCUT2D eigenvalue weighted by atomic mass is 16.5. The van der Waals surface area contributed by atoms with Gasteiger partial charge in [0.25, 0.3) is 0 Å². The topological polar surface area (TPSA) is 69.5 Å². The van der Waals surface area contributed by atoms with Gasteiger partial charge in [-0.1, -0.05) is 0 Å². The second-order valence-corrected chi connectivity index (χ2v) is 5.12. The van der Waals surface area contributed by atoms with Crippen molar-refractivity contribution in [2.45, 2.75) is 19.1 Å². The van der Waals surface area contributed by atoms with E-state index in [1.54, 1.807) is 6.20 Å². The molecule has 0 N–H and O–H groups in total. The van der Waals surface area contributed by atoms with Crippen LogP contribution in [0.3, 0.4) is 0 Å². The molecule has 116 valence electrons. The van der Waals surface area contributed by atoms with Gasteiger partial charge in [0.1, 0.15) is 12.6 Å². The molecule has 1 unspecified atom stereocenters. The van der Waals surface area contributed by atoms with Gasteiger partial charge in [0.15, 0.2) is 0 Å².